The van der Waals surface area contributed by atoms with Crippen LogP contribution in [0.3, 0.4) is 0 Å². The molecule has 1 aromatic rings. The summed E-state index contributed by atoms with van der Waals surface area (Å²) >= 11 is 5.99. The van der Waals surface area contributed by atoms with Crippen molar-refractivity contribution in [3.8, 4) is 5.75 Å². The van der Waals surface area contributed by atoms with E-state index in [4.69, 9.17) is 22.1 Å². The Morgan fingerprint density at radius 3 is 2.55 bits per heavy atom. The van der Waals surface area contributed by atoms with Crippen molar-refractivity contribution in [2.24, 2.45) is 11.1 Å². The SMILES string of the molecule is CN(CCOc1ccccc1Cl)C(=O)C(N)C(C)(C)C. The summed E-state index contributed by atoms with van der Waals surface area (Å²) in [5.41, 5.74) is 5.69. The molecule has 0 heterocycles. The van der Waals surface area contributed by atoms with E-state index in [0.717, 1.165) is 0 Å². The van der Waals surface area contributed by atoms with Gasteiger partial charge in [0, 0.05) is 7.05 Å². The van der Waals surface area contributed by atoms with E-state index < -0.39 is 6.04 Å². The molecule has 0 radical (unpaired) electrons. The average molecular weight is 299 g/mol. The van der Waals surface area contributed by atoms with Gasteiger partial charge < -0.3 is 15.4 Å². The van der Waals surface area contributed by atoms with Crippen molar-refractivity contribution in [2.45, 2.75) is 26.8 Å². The first-order valence-corrected chi connectivity index (χ1v) is 6.99. The number of carbonyl (C=O) groups is 1. The molecule has 0 fully saturated rings. The van der Waals surface area contributed by atoms with E-state index in [-0.39, 0.29) is 11.3 Å². The number of nitrogens with two attached hydrogens (primary N) is 1. The monoisotopic (exact) mass is 298 g/mol. The molecule has 1 atom stereocenters. The van der Waals surface area contributed by atoms with E-state index in [1.54, 1.807) is 24.1 Å². The Labute approximate surface area is 125 Å². The van der Waals surface area contributed by atoms with Crippen LogP contribution in [0, 0.1) is 5.41 Å². The summed E-state index contributed by atoms with van der Waals surface area (Å²) < 4.78 is 5.56. The average Bonchev–Trinajstić information content (AvgIpc) is 2.38. The lowest BCUT2D eigenvalue weighted by molar-refractivity contribution is -0.133. The quantitative estimate of drug-likeness (QED) is 0.909. The molecule has 0 aliphatic carbocycles. The molecular formula is C15H23ClN2O2. The van der Waals surface area contributed by atoms with E-state index in [0.29, 0.717) is 23.9 Å². The van der Waals surface area contributed by atoms with Crippen LogP contribution >= 0.6 is 11.6 Å². The minimum atomic E-state index is -0.521. The third kappa shape index (κ3) is 4.69. The maximum absolute atomic E-state index is 12.1. The van der Waals surface area contributed by atoms with E-state index >= 15 is 0 Å². The van der Waals surface area contributed by atoms with Gasteiger partial charge in [0.05, 0.1) is 17.6 Å². The second-order valence-corrected chi connectivity index (χ2v) is 6.29. The van der Waals surface area contributed by atoms with Gasteiger partial charge in [0.1, 0.15) is 12.4 Å². The van der Waals surface area contributed by atoms with Crippen LogP contribution in [-0.2, 0) is 4.79 Å². The van der Waals surface area contributed by atoms with Gasteiger partial charge in [0.15, 0.2) is 0 Å². The van der Waals surface area contributed by atoms with Crippen LogP contribution in [0.15, 0.2) is 24.3 Å². The Kier molecular flexibility index (Phi) is 5.84. The minimum absolute atomic E-state index is 0.0831. The molecule has 1 rings (SSSR count). The zero-order valence-corrected chi connectivity index (χ0v) is 13.3. The highest BCUT2D eigenvalue weighted by molar-refractivity contribution is 6.32. The van der Waals surface area contributed by atoms with Gasteiger partial charge in [0.2, 0.25) is 5.91 Å². The fourth-order valence-corrected chi connectivity index (χ4v) is 1.76. The molecule has 0 saturated heterocycles. The molecule has 0 spiro atoms. The number of para-hydroxylation sites is 1. The summed E-state index contributed by atoms with van der Waals surface area (Å²) in [5, 5.41) is 0.563. The summed E-state index contributed by atoms with van der Waals surface area (Å²) in [7, 11) is 1.73. The van der Waals surface area contributed by atoms with Crippen molar-refractivity contribution >= 4 is 17.5 Å². The van der Waals surface area contributed by atoms with E-state index in [1.807, 2.05) is 32.9 Å². The van der Waals surface area contributed by atoms with E-state index in [1.165, 1.54) is 0 Å². The Hall–Kier alpha value is -1.26. The molecule has 2 N–H and O–H groups in total. The highest BCUT2D eigenvalue weighted by Gasteiger charge is 2.29. The summed E-state index contributed by atoms with van der Waals surface area (Å²) in [5.74, 6) is 0.537. The van der Waals surface area contributed by atoms with Crippen LogP contribution in [0.1, 0.15) is 20.8 Å². The number of benzene rings is 1. The van der Waals surface area contributed by atoms with Gasteiger partial charge in [-0.05, 0) is 17.5 Å². The molecular weight excluding hydrogens is 276 g/mol. The predicted molar refractivity (Wildman–Crippen MR) is 82.0 cm³/mol. The van der Waals surface area contributed by atoms with Crippen molar-refractivity contribution in [1.29, 1.82) is 0 Å². The van der Waals surface area contributed by atoms with Crippen LogP contribution in [0.25, 0.3) is 0 Å². The molecule has 5 heteroatoms. The summed E-state index contributed by atoms with van der Waals surface area (Å²) in [6.45, 7) is 6.69. The number of nitrogens with zero attached hydrogens (tertiary/aromatic N) is 1. The molecule has 1 aromatic carbocycles. The third-order valence-corrected chi connectivity index (χ3v) is 3.41. The molecule has 1 unspecified atom stereocenters. The topological polar surface area (TPSA) is 55.6 Å². The van der Waals surface area contributed by atoms with Gasteiger partial charge in [-0.25, -0.2) is 0 Å². The number of amides is 1. The molecule has 112 valence electrons. The number of hydrogen-bond acceptors (Lipinski definition) is 3. The molecule has 1 amide bonds. The second kappa shape index (κ2) is 6.95. The van der Waals surface area contributed by atoms with Crippen molar-refractivity contribution in [3.63, 3.8) is 0 Å². The number of carbonyl (C=O) groups excluding carboxylic acids is 1. The zero-order chi connectivity index (χ0) is 15.3. The molecule has 0 aliphatic rings. The molecule has 0 aromatic heterocycles. The first-order valence-electron chi connectivity index (χ1n) is 6.61. The van der Waals surface area contributed by atoms with Crippen molar-refractivity contribution in [2.75, 3.05) is 20.2 Å². The molecule has 0 bridgehead atoms. The van der Waals surface area contributed by atoms with Gasteiger partial charge in [-0.15, -0.1) is 0 Å². The number of rotatable bonds is 5. The van der Waals surface area contributed by atoms with Crippen molar-refractivity contribution in [3.05, 3.63) is 29.3 Å². The Bertz CT molecular complexity index is 457. The normalized spacial score (nSPS) is 12.9. The molecule has 4 nitrogen and oxygen atoms in total. The van der Waals surface area contributed by atoms with Gasteiger partial charge in [-0.3, -0.25) is 4.79 Å². The van der Waals surface area contributed by atoms with Gasteiger partial charge >= 0.3 is 0 Å². The second-order valence-electron chi connectivity index (χ2n) is 5.88. The first-order chi connectivity index (χ1) is 9.23. The van der Waals surface area contributed by atoms with E-state index in [9.17, 15) is 4.79 Å². The van der Waals surface area contributed by atoms with E-state index in [2.05, 4.69) is 0 Å². The van der Waals surface area contributed by atoms with Gasteiger partial charge in [-0.1, -0.05) is 44.5 Å². The predicted octanol–water partition coefficient (Wildman–Crippen LogP) is 2.55. The largest absolute Gasteiger partial charge is 0.490 e. The Balaban J connectivity index is 2.46. The van der Waals surface area contributed by atoms with Gasteiger partial charge in [0.25, 0.3) is 0 Å². The number of hydrogen-bond donors (Lipinski definition) is 1. The lowest BCUT2D eigenvalue weighted by Crippen LogP contribution is -2.49. The molecule has 0 aliphatic heterocycles. The van der Waals surface area contributed by atoms with Gasteiger partial charge in [-0.2, -0.15) is 0 Å². The zero-order valence-electron chi connectivity index (χ0n) is 12.5. The van der Waals surface area contributed by atoms with Crippen LogP contribution in [0.2, 0.25) is 5.02 Å². The number of likely N-dealkylation sites (N-methyl/N-ethyl adjacent to an activating group) is 1. The highest BCUT2D eigenvalue weighted by atomic mass is 35.5. The summed E-state index contributed by atoms with van der Waals surface area (Å²) in [6, 6.07) is 6.73. The summed E-state index contributed by atoms with van der Waals surface area (Å²) in [4.78, 5) is 13.7. The van der Waals surface area contributed by atoms with Crippen LogP contribution in [0.5, 0.6) is 5.75 Å². The van der Waals surface area contributed by atoms with Crippen LogP contribution in [-0.4, -0.2) is 37.0 Å². The lowest BCUT2D eigenvalue weighted by Gasteiger charge is -2.30. The molecule has 0 saturated carbocycles. The van der Waals surface area contributed by atoms with Crippen LogP contribution in [0.4, 0.5) is 0 Å². The smallest absolute Gasteiger partial charge is 0.239 e. The maximum Gasteiger partial charge on any atom is 0.239 e. The highest BCUT2D eigenvalue weighted by Crippen LogP contribution is 2.23. The van der Waals surface area contributed by atoms with Crippen LogP contribution < -0.4 is 10.5 Å². The fraction of sp³-hybridized carbons (Fsp3) is 0.533. The van der Waals surface area contributed by atoms with Crippen molar-refractivity contribution in [1.82, 2.24) is 4.90 Å². The minimum Gasteiger partial charge on any atom is -0.490 e. The summed E-state index contributed by atoms with van der Waals surface area (Å²) in [6.07, 6.45) is 0. The lowest BCUT2D eigenvalue weighted by atomic mass is 9.86. The Morgan fingerprint density at radius 1 is 1.40 bits per heavy atom. The molecule has 20 heavy (non-hydrogen) atoms. The standard InChI is InChI=1S/C15H23ClN2O2/c1-15(2,3)13(17)14(19)18(4)9-10-20-12-8-6-5-7-11(12)16/h5-8,13H,9-10,17H2,1-4H3. The fourth-order valence-electron chi connectivity index (χ4n) is 1.57. The third-order valence-electron chi connectivity index (χ3n) is 3.10. The maximum atomic E-state index is 12.1. The van der Waals surface area contributed by atoms with Crippen molar-refractivity contribution < 1.29 is 9.53 Å². The number of halogens is 1. The number of ether oxygens (including phenoxy) is 1. The Morgan fingerprint density at radius 2 is 2.00 bits per heavy atom. The first kappa shape index (κ1) is 16.8.